The zero-order valence-electron chi connectivity index (χ0n) is 15.8. The van der Waals surface area contributed by atoms with Crippen LogP contribution < -0.4 is 4.90 Å². The van der Waals surface area contributed by atoms with Crippen molar-refractivity contribution < 1.29 is 9.59 Å². The molecule has 2 heterocycles. The standard InChI is InChI=1S/C21H21N3O2S2/c1-14-6-5-7-16(10-14)22-21-24(11-15(2)28-21)19(25)12-23-17-8-3-4-9-18(17)27-13-20(23)26/h3-10,15H,11-13H2,1-2H3. The third kappa shape index (κ3) is 3.95. The summed E-state index contributed by atoms with van der Waals surface area (Å²) in [5, 5.41) is 0.975. The molecule has 1 fully saturated rings. The zero-order valence-corrected chi connectivity index (χ0v) is 17.4. The van der Waals surface area contributed by atoms with Gasteiger partial charge in [0.2, 0.25) is 11.8 Å². The van der Waals surface area contributed by atoms with Gasteiger partial charge in [-0.3, -0.25) is 14.5 Å². The van der Waals surface area contributed by atoms with Gasteiger partial charge >= 0.3 is 0 Å². The molecule has 0 radical (unpaired) electrons. The van der Waals surface area contributed by atoms with Crippen molar-refractivity contribution in [3.05, 3.63) is 54.1 Å². The van der Waals surface area contributed by atoms with E-state index in [4.69, 9.17) is 4.99 Å². The SMILES string of the molecule is Cc1cccc(N=C2SC(C)CN2C(=O)CN2C(=O)CSc3ccccc32)c1. The Labute approximate surface area is 173 Å². The van der Waals surface area contributed by atoms with Crippen LogP contribution in [0, 0.1) is 6.92 Å². The smallest absolute Gasteiger partial charge is 0.248 e. The molecule has 0 N–H and O–H groups in total. The Bertz CT molecular complexity index is 960. The Morgan fingerprint density at radius 3 is 2.86 bits per heavy atom. The molecular formula is C21H21N3O2S2. The number of aliphatic imine (C=N–C) groups is 1. The molecule has 1 atom stereocenters. The first kappa shape index (κ1) is 19.1. The van der Waals surface area contributed by atoms with E-state index in [1.807, 2.05) is 55.5 Å². The fraction of sp³-hybridized carbons (Fsp3) is 0.286. The molecule has 2 aliphatic rings. The summed E-state index contributed by atoms with van der Waals surface area (Å²) >= 11 is 3.12. The summed E-state index contributed by atoms with van der Waals surface area (Å²) < 4.78 is 0. The lowest BCUT2D eigenvalue weighted by Crippen LogP contribution is -2.45. The van der Waals surface area contributed by atoms with E-state index in [1.165, 1.54) is 11.8 Å². The Kier molecular flexibility index (Phi) is 5.46. The highest BCUT2D eigenvalue weighted by Crippen LogP contribution is 2.35. The van der Waals surface area contributed by atoms with Gasteiger partial charge in [-0.25, -0.2) is 4.99 Å². The number of carbonyl (C=O) groups excluding carboxylic acids is 2. The Balaban J connectivity index is 1.58. The number of nitrogens with zero attached hydrogens (tertiary/aromatic N) is 3. The predicted octanol–water partition coefficient (Wildman–Crippen LogP) is 4.09. The number of thioether (sulfide) groups is 2. The highest BCUT2D eigenvalue weighted by molar-refractivity contribution is 8.14. The molecule has 1 unspecified atom stereocenters. The lowest BCUT2D eigenvalue weighted by Gasteiger charge is -2.29. The van der Waals surface area contributed by atoms with Crippen molar-refractivity contribution in [1.82, 2.24) is 4.90 Å². The number of carbonyl (C=O) groups is 2. The van der Waals surface area contributed by atoms with Crippen LogP contribution in [0.3, 0.4) is 0 Å². The van der Waals surface area contributed by atoms with E-state index in [0.717, 1.165) is 21.8 Å². The first-order chi connectivity index (χ1) is 13.5. The summed E-state index contributed by atoms with van der Waals surface area (Å²) in [6, 6.07) is 15.7. The second kappa shape index (κ2) is 8.01. The topological polar surface area (TPSA) is 53.0 Å². The van der Waals surface area contributed by atoms with Gasteiger partial charge in [0.05, 0.1) is 17.1 Å². The molecule has 2 amide bonds. The van der Waals surface area contributed by atoms with Crippen LogP contribution in [-0.2, 0) is 9.59 Å². The molecule has 1 saturated heterocycles. The first-order valence-electron chi connectivity index (χ1n) is 9.16. The number of fused-ring (bicyclic) bond motifs is 1. The number of rotatable bonds is 3. The summed E-state index contributed by atoms with van der Waals surface area (Å²) in [5.41, 5.74) is 2.78. The minimum absolute atomic E-state index is 0.0332. The second-order valence-electron chi connectivity index (χ2n) is 6.90. The van der Waals surface area contributed by atoms with Crippen LogP contribution in [-0.4, -0.2) is 46.0 Å². The summed E-state index contributed by atoms with van der Waals surface area (Å²) in [7, 11) is 0. The fourth-order valence-corrected chi connectivity index (χ4v) is 5.25. The number of amidine groups is 1. The quantitative estimate of drug-likeness (QED) is 0.764. The van der Waals surface area contributed by atoms with Crippen LogP contribution in [0.4, 0.5) is 11.4 Å². The summed E-state index contributed by atoms with van der Waals surface area (Å²) in [6.07, 6.45) is 0. The maximum Gasteiger partial charge on any atom is 0.248 e. The van der Waals surface area contributed by atoms with Gasteiger partial charge in [0.15, 0.2) is 5.17 Å². The normalized spacial score (nSPS) is 20.6. The highest BCUT2D eigenvalue weighted by atomic mass is 32.2. The van der Waals surface area contributed by atoms with Gasteiger partial charge in [-0.15, -0.1) is 11.8 Å². The second-order valence-corrected chi connectivity index (χ2v) is 9.33. The van der Waals surface area contributed by atoms with E-state index < -0.39 is 0 Å². The lowest BCUT2D eigenvalue weighted by atomic mass is 10.2. The molecule has 0 aliphatic carbocycles. The monoisotopic (exact) mass is 411 g/mol. The molecule has 7 heteroatoms. The number of para-hydroxylation sites is 1. The third-order valence-corrected chi connectivity index (χ3v) is 6.73. The van der Waals surface area contributed by atoms with Crippen molar-refractivity contribution in [3.8, 4) is 0 Å². The van der Waals surface area contributed by atoms with Crippen LogP contribution in [0.15, 0.2) is 58.4 Å². The van der Waals surface area contributed by atoms with Gasteiger partial charge in [0.1, 0.15) is 6.54 Å². The largest absolute Gasteiger partial charge is 0.301 e. The van der Waals surface area contributed by atoms with Crippen molar-refractivity contribution in [2.24, 2.45) is 4.99 Å². The van der Waals surface area contributed by atoms with E-state index in [-0.39, 0.29) is 23.6 Å². The number of anilines is 1. The van der Waals surface area contributed by atoms with Crippen LogP contribution in [0.5, 0.6) is 0 Å². The van der Waals surface area contributed by atoms with Crippen LogP contribution in [0.1, 0.15) is 12.5 Å². The van der Waals surface area contributed by atoms with Crippen molar-refractivity contribution in [2.45, 2.75) is 24.0 Å². The minimum Gasteiger partial charge on any atom is -0.301 e. The molecule has 0 aromatic heterocycles. The van der Waals surface area contributed by atoms with E-state index in [2.05, 4.69) is 6.92 Å². The third-order valence-electron chi connectivity index (χ3n) is 4.61. The molecule has 2 aromatic rings. The van der Waals surface area contributed by atoms with Gasteiger partial charge in [0.25, 0.3) is 0 Å². The maximum atomic E-state index is 13.1. The first-order valence-corrected chi connectivity index (χ1v) is 11.0. The number of benzene rings is 2. The summed E-state index contributed by atoms with van der Waals surface area (Å²) in [4.78, 5) is 34.7. The number of amides is 2. The van der Waals surface area contributed by atoms with Crippen molar-refractivity contribution in [2.75, 3.05) is 23.7 Å². The zero-order chi connectivity index (χ0) is 19.7. The molecule has 28 heavy (non-hydrogen) atoms. The Hall–Kier alpha value is -2.25. The minimum atomic E-state index is -0.0988. The van der Waals surface area contributed by atoms with Gasteiger partial charge in [-0.2, -0.15) is 0 Å². The molecule has 144 valence electrons. The van der Waals surface area contributed by atoms with Crippen molar-refractivity contribution >= 4 is 51.9 Å². The number of aryl methyl sites for hydroxylation is 1. The van der Waals surface area contributed by atoms with Gasteiger partial charge < -0.3 is 4.90 Å². The maximum absolute atomic E-state index is 13.1. The predicted molar refractivity (Wildman–Crippen MR) is 117 cm³/mol. The molecule has 0 spiro atoms. The van der Waals surface area contributed by atoms with Crippen LogP contribution in [0.2, 0.25) is 0 Å². The molecule has 4 rings (SSSR count). The van der Waals surface area contributed by atoms with Gasteiger partial charge in [-0.1, -0.05) is 43.0 Å². The van der Waals surface area contributed by atoms with Gasteiger partial charge in [-0.05, 0) is 36.8 Å². The molecular weight excluding hydrogens is 390 g/mol. The molecule has 5 nitrogen and oxygen atoms in total. The van der Waals surface area contributed by atoms with Gasteiger partial charge in [0, 0.05) is 16.7 Å². The van der Waals surface area contributed by atoms with E-state index in [9.17, 15) is 9.59 Å². The van der Waals surface area contributed by atoms with Crippen molar-refractivity contribution in [3.63, 3.8) is 0 Å². The molecule has 2 aliphatic heterocycles. The molecule has 2 aromatic carbocycles. The average Bonchev–Trinajstić information content (AvgIpc) is 3.04. The Morgan fingerprint density at radius 1 is 1.21 bits per heavy atom. The summed E-state index contributed by atoms with van der Waals surface area (Å²) in [6.45, 7) is 4.75. The lowest BCUT2D eigenvalue weighted by molar-refractivity contribution is -0.127. The number of hydrogen-bond acceptors (Lipinski definition) is 5. The van der Waals surface area contributed by atoms with Crippen LogP contribution in [0.25, 0.3) is 0 Å². The number of hydrogen-bond donors (Lipinski definition) is 0. The molecule has 0 bridgehead atoms. The average molecular weight is 412 g/mol. The van der Waals surface area contributed by atoms with E-state index in [1.54, 1.807) is 21.6 Å². The Morgan fingerprint density at radius 2 is 2.04 bits per heavy atom. The van der Waals surface area contributed by atoms with Crippen molar-refractivity contribution in [1.29, 1.82) is 0 Å². The fourth-order valence-electron chi connectivity index (χ4n) is 3.27. The van der Waals surface area contributed by atoms with E-state index >= 15 is 0 Å². The van der Waals surface area contributed by atoms with E-state index in [0.29, 0.717) is 17.5 Å². The van der Waals surface area contributed by atoms with Crippen LogP contribution >= 0.6 is 23.5 Å². The highest BCUT2D eigenvalue weighted by Gasteiger charge is 2.34. The summed E-state index contributed by atoms with van der Waals surface area (Å²) in [5.74, 6) is 0.229. The molecule has 0 saturated carbocycles.